The topological polar surface area (TPSA) is 73.9 Å². The van der Waals surface area contributed by atoms with Crippen LogP contribution in [0.4, 0.5) is 14.7 Å². The summed E-state index contributed by atoms with van der Waals surface area (Å²) >= 11 is 0. The van der Waals surface area contributed by atoms with Crippen LogP contribution >= 0.6 is 0 Å². The van der Waals surface area contributed by atoms with Crippen molar-refractivity contribution in [3.05, 3.63) is 54.1 Å². The second-order valence-corrected chi connectivity index (χ2v) is 8.85. The molecular weight excluding hydrogens is 428 g/mol. The van der Waals surface area contributed by atoms with Crippen molar-refractivity contribution < 1.29 is 13.5 Å². The molecule has 4 heterocycles. The lowest BCUT2D eigenvalue weighted by Crippen LogP contribution is -2.43. The number of hydrogen-bond donors (Lipinski definition) is 0. The molecule has 1 saturated heterocycles. The Morgan fingerprint density at radius 1 is 1.12 bits per heavy atom. The van der Waals surface area contributed by atoms with Gasteiger partial charge in [-0.25, -0.2) is 18.7 Å². The Morgan fingerprint density at radius 3 is 2.76 bits per heavy atom. The van der Waals surface area contributed by atoms with Crippen LogP contribution in [-0.4, -0.2) is 48.5 Å². The van der Waals surface area contributed by atoms with Gasteiger partial charge in [0, 0.05) is 37.0 Å². The highest BCUT2D eigenvalue weighted by atomic mass is 19.1. The molecule has 170 valence electrons. The molecule has 4 aromatic rings. The summed E-state index contributed by atoms with van der Waals surface area (Å²) in [5.74, 6) is -0.874. The van der Waals surface area contributed by atoms with Crippen LogP contribution in [0.5, 0.6) is 0 Å². The van der Waals surface area contributed by atoms with Crippen molar-refractivity contribution in [3.63, 3.8) is 0 Å². The number of nitrogens with zero attached hydrogens (tertiary/aromatic N) is 7. The molecule has 3 aromatic heterocycles. The molecule has 1 saturated carbocycles. The zero-order chi connectivity index (χ0) is 22.7. The third-order valence-electron chi connectivity index (χ3n) is 6.20. The fraction of sp³-hybridized carbons (Fsp3) is 0.391. The summed E-state index contributed by atoms with van der Waals surface area (Å²) in [5.41, 5.74) is 2.65. The van der Waals surface area contributed by atoms with Gasteiger partial charge >= 0.3 is 0 Å². The Labute approximate surface area is 188 Å². The van der Waals surface area contributed by atoms with Gasteiger partial charge in [-0.3, -0.25) is 4.68 Å². The fourth-order valence-corrected chi connectivity index (χ4v) is 4.41. The third kappa shape index (κ3) is 3.64. The van der Waals surface area contributed by atoms with E-state index in [4.69, 9.17) is 9.72 Å². The number of morpholine rings is 1. The van der Waals surface area contributed by atoms with Gasteiger partial charge < -0.3 is 14.2 Å². The Morgan fingerprint density at radius 2 is 1.97 bits per heavy atom. The standard InChI is InChI=1S/C23H23F2N7O/c1-13-9-31(11-19(33-13)14-8-27-32(10-14)16-4-5-16)23-28-20(17-6-3-15(24)7-18(17)25)21-22(29-23)26-12-30(21)2/h3,6-8,10,12-13,16,19H,4-5,9,11H2,1-2H3/t13-,19+/m1/s1. The maximum atomic E-state index is 14.7. The van der Waals surface area contributed by atoms with E-state index in [0.29, 0.717) is 41.9 Å². The van der Waals surface area contributed by atoms with Crippen LogP contribution in [0.3, 0.4) is 0 Å². The first kappa shape index (κ1) is 20.2. The molecule has 33 heavy (non-hydrogen) atoms. The van der Waals surface area contributed by atoms with Gasteiger partial charge in [-0.1, -0.05) is 0 Å². The summed E-state index contributed by atoms with van der Waals surface area (Å²) < 4.78 is 38.2. The van der Waals surface area contributed by atoms with Crippen LogP contribution in [0.15, 0.2) is 36.9 Å². The molecule has 0 bridgehead atoms. The molecule has 1 aromatic carbocycles. The second-order valence-electron chi connectivity index (χ2n) is 8.85. The van der Waals surface area contributed by atoms with E-state index in [0.717, 1.165) is 24.5 Å². The quantitative estimate of drug-likeness (QED) is 0.470. The number of aryl methyl sites for hydroxylation is 1. The van der Waals surface area contributed by atoms with E-state index < -0.39 is 11.6 Å². The van der Waals surface area contributed by atoms with Gasteiger partial charge in [0.1, 0.15) is 28.9 Å². The van der Waals surface area contributed by atoms with E-state index in [-0.39, 0.29) is 17.8 Å². The van der Waals surface area contributed by atoms with Crippen molar-refractivity contribution in [1.82, 2.24) is 29.3 Å². The lowest BCUT2D eigenvalue weighted by Gasteiger charge is -2.36. The lowest BCUT2D eigenvalue weighted by atomic mass is 10.1. The molecule has 0 radical (unpaired) electrons. The zero-order valence-electron chi connectivity index (χ0n) is 18.3. The fourth-order valence-electron chi connectivity index (χ4n) is 4.41. The molecule has 8 nitrogen and oxygen atoms in total. The molecule has 2 fully saturated rings. The van der Waals surface area contributed by atoms with Crippen LogP contribution in [0.1, 0.15) is 37.5 Å². The predicted molar refractivity (Wildman–Crippen MR) is 118 cm³/mol. The average Bonchev–Trinajstić information content (AvgIpc) is 3.40. The van der Waals surface area contributed by atoms with E-state index in [2.05, 4.69) is 21.3 Å². The van der Waals surface area contributed by atoms with Gasteiger partial charge in [0.15, 0.2) is 5.65 Å². The molecule has 2 atom stereocenters. The number of ether oxygens (including phenoxy) is 1. The van der Waals surface area contributed by atoms with Crippen molar-refractivity contribution in [2.24, 2.45) is 7.05 Å². The number of benzene rings is 1. The second kappa shape index (κ2) is 7.58. The van der Waals surface area contributed by atoms with Crippen molar-refractivity contribution in [3.8, 4) is 11.3 Å². The van der Waals surface area contributed by atoms with Crippen LogP contribution in [-0.2, 0) is 11.8 Å². The van der Waals surface area contributed by atoms with Gasteiger partial charge in [0.25, 0.3) is 0 Å². The maximum Gasteiger partial charge on any atom is 0.228 e. The average molecular weight is 451 g/mol. The highest BCUT2D eigenvalue weighted by Gasteiger charge is 2.32. The van der Waals surface area contributed by atoms with Gasteiger partial charge in [0.2, 0.25) is 5.95 Å². The van der Waals surface area contributed by atoms with Crippen LogP contribution < -0.4 is 4.90 Å². The van der Waals surface area contributed by atoms with Crippen molar-refractivity contribution >= 4 is 17.1 Å². The highest BCUT2D eigenvalue weighted by Crippen LogP contribution is 2.36. The summed E-state index contributed by atoms with van der Waals surface area (Å²) in [6, 6.07) is 4.00. The van der Waals surface area contributed by atoms with Crippen LogP contribution in [0.25, 0.3) is 22.4 Å². The lowest BCUT2D eigenvalue weighted by molar-refractivity contribution is -0.0178. The van der Waals surface area contributed by atoms with Crippen molar-refractivity contribution in [2.45, 2.75) is 38.0 Å². The number of imidazole rings is 1. The molecule has 10 heteroatoms. The largest absolute Gasteiger partial charge is 0.367 e. The van der Waals surface area contributed by atoms with Gasteiger partial charge in [0.05, 0.1) is 31.2 Å². The summed E-state index contributed by atoms with van der Waals surface area (Å²) in [6.45, 7) is 3.12. The molecule has 1 aliphatic carbocycles. The molecule has 0 amide bonds. The SMILES string of the molecule is C[C@@H]1CN(c2nc(-c3ccc(F)cc3F)c3c(ncn3C)n2)C[C@@H](c2cnn(C3CC3)c2)O1. The minimum atomic E-state index is -0.678. The first-order valence-electron chi connectivity index (χ1n) is 11.0. The molecule has 0 unspecified atom stereocenters. The van der Waals surface area contributed by atoms with E-state index in [1.807, 2.05) is 22.7 Å². The predicted octanol–water partition coefficient (Wildman–Crippen LogP) is 3.81. The van der Waals surface area contributed by atoms with Crippen molar-refractivity contribution in [2.75, 3.05) is 18.0 Å². The Hall–Kier alpha value is -3.40. The third-order valence-corrected chi connectivity index (χ3v) is 6.20. The van der Waals surface area contributed by atoms with E-state index in [1.54, 1.807) is 17.9 Å². The Bertz CT molecular complexity index is 1350. The summed E-state index contributed by atoms with van der Waals surface area (Å²) in [6.07, 6.45) is 7.61. The zero-order valence-corrected chi connectivity index (χ0v) is 18.3. The monoisotopic (exact) mass is 451 g/mol. The number of halogens is 2. The van der Waals surface area contributed by atoms with Gasteiger partial charge in [-0.15, -0.1) is 0 Å². The number of fused-ring (bicyclic) bond motifs is 1. The summed E-state index contributed by atoms with van der Waals surface area (Å²) in [4.78, 5) is 15.8. The maximum absolute atomic E-state index is 14.7. The van der Waals surface area contributed by atoms with Crippen molar-refractivity contribution in [1.29, 1.82) is 0 Å². The molecule has 0 N–H and O–H groups in total. The molecule has 6 rings (SSSR count). The highest BCUT2D eigenvalue weighted by molar-refractivity contribution is 5.88. The normalized spacial score (nSPS) is 21.2. The first-order valence-corrected chi connectivity index (χ1v) is 11.0. The Kier molecular flexibility index (Phi) is 4.65. The number of rotatable bonds is 4. The van der Waals surface area contributed by atoms with Crippen LogP contribution in [0, 0.1) is 11.6 Å². The minimum Gasteiger partial charge on any atom is -0.367 e. The smallest absolute Gasteiger partial charge is 0.228 e. The van der Waals surface area contributed by atoms with Gasteiger partial charge in [-0.05, 0) is 31.9 Å². The van der Waals surface area contributed by atoms with E-state index in [9.17, 15) is 8.78 Å². The minimum absolute atomic E-state index is 0.0675. The van der Waals surface area contributed by atoms with Gasteiger partial charge in [-0.2, -0.15) is 10.1 Å². The number of aromatic nitrogens is 6. The summed E-state index contributed by atoms with van der Waals surface area (Å²) in [7, 11) is 1.80. The Balaban J connectivity index is 1.40. The van der Waals surface area contributed by atoms with E-state index >= 15 is 0 Å². The molecule has 0 spiro atoms. The number of anilines is 1. The molecular formula is C23H23F2N7O. The molecule has 2 aliphatic rings. The first-order chi connectivity index (χ1) is 16.0. The van der Waals surface area contributed by atoms with E-state index in [1.165, 1.54) is 12.1 Å². The van der Waals surface area contributed by atoms with Crippen LogP contribution in [0.2, 0.25) is 0 Å². The number of hydrogen-bond acceptors (Lipinski definition) is 6. The summed E-state index contributed by atoms with van der Waals surface area (Å²) in [5, 5.41) is 4.49. The molecule has 1 aliphatic heterocycles.